The zero-order valence-corrected chi connectivity index (χ0v) is 18.1. The summed E-state index contributed by atoms with van der Waals surface area (Å²) in [4.78, 5) is 19.7. The Morgan fingerprint density at radius 3 is 2.84 bits per heavy atom. The molecule has 0 spiro atoms. The number of fused-ring (bicyclic) bond motifs is 2. The molecule has 2 aromatic heterocycles. The van der Waals surface area contributed by atoms with Crippen molar-refractivity contribution in [3.8, 4) is 5.75 Å². The summed E-state index contributed by atoms with van der Waals surface area (Å²) < 4.78 is 13.5. The monoisotopic (exact) mass is 421 g/mol. The molecule has 2 aliphatic heterocycles. The second-order valence-corrected chi connectivity index (χ2v) is 8.72. The number of nitrogens with one attached hydrogen (secondary N) is 1. The maximum absolute atomic E-state index is 13.2. The molecule has 1 saturated heterocycles. The van der Waals surface area contributed by atoms with Crippen molar-refractivity contribution < 1.29 is 14.3 Å². The predicted molar refractivity (Wildman–Crippen MR) is 118 cm³/mol. The van der Waals surface area contributed by atoms with Crippen LogP contribution in [-0.2, 0) is 11.2 Å². The van der Waals surface area contributed by atoms with Crippen molar-refractivity contribution in [1.29, 1.82) is 0 Å². The van der Waals surface area contributed by atoms with E-state index in [1.807, 2.05) is 0 Å². The van der Waals surface area contributed by atoms with Crippen LogP contribution in [0.2, 0.25) is 0 Å². The van der Waals surface area contributed by atoms with Crippen LogP contribution in [0.5, 0.6) is 5.75 Å². The van der Waals surface area contributed by atoms with Crippen molar-refractivity contribution in [2.24, 2.45) is 5.92 Å². The third-order valence-electron chi connectivity index (χ3n) is 6.41. The van der Waals surface area contributed by atoms with Gasteiger partial charge in [-0.15, -0.1) is 0 Å². The number of nitrogens with zero attached hydrogens (tertiary/aromatic N) is 4. The lowest BCUT2D eigenvalue weighted by molar-refractivity contribution is 0.0646. The molecule has 1 N–H and O–H groups in total. The molecule has 2 aliphatic rings. The van der Waals surface area contributed by atoms with Crippen molar-refractivity contribution in [2.45, 2.75) is 32.8 Å². The van der Waals surface area contributed by atoms with Crippen LogP contribution in [0.1, 0.15) is 36.7 Å². The Bertz CT molecular complexity index is 1140. The van der Waals surface area contributed by atoms with Crippen molar-refractivity contribution in [3.05, 3.63) is 47.9 Å². The maximum Gasteiger partial charge on any atom is 0.261 e. The van der Waals surface area contributed by atoms with E-state index in [0.29, 0.717) is 30.3 Å². The second kappa shape index (κ2) is 7.53. The Hall–Kier alpha value is -3.13. The SMILES string of the molecule is CC(C)[C@]1(C)Cc2cc(NC(=O)c3cnn4cccnc34)c(N3CCOCC3)cc2O1. The first-order chi connectivity index (χ1) is 14.9. The normalized spacial score (nSPS) is 20.7. The molecule has 1 aromatic carbocycles. The molecule has 0 unspecified atom stereocenters. The van der Waals surface area contributed by atoms with Gasteiger partial charge in [0, 0.05) is 43.5 Å². The molecule has 0 radical (unpaired) electrons. The average Bonchev–Trinajstić information content (AvgIpc) is 3.34. The Kier molecular flexibility index (Phi) is 4.81. The van der Waals surface area contributed by atoms with Crippen molar-refractivity contribution in [1.82, 2.24) is 14.6 Å². The molecule has 1 fully saturated rings. The molecule has 5 rings (SSSR count). The third-order valence-corrected chi connectivity index (χ3v) is 6.41. The number of hydrogen-bond donors (Lipinski definition) is 1. The molecule has 31 heavy (non-hydrogen) atoms. The quantitative estimate of drug-likeness (QED) is 0.697. The highest BCUT2D eigenvalue weighted by molar-refractivity contribution is 6.09. The number of hydrogen-bond acceptors (Lipinski definition) is 6. The number of aromatic nitrogens is 3. The van der Waals surface area contributed by atoms with Gasteiger partial charge in [0.1, 0.15) is 16.9 Å². The van der Waals surface area contributed by atoms with E-state index < -0.39 is 0 Å². The van der Waals surface area contributed by atoms with Crippen molar-refractivity contribution >= 4 is 22.9 Å². The minimum Gasteiger partial charge on any atom is -0.487 e. The minimum atomic E-state index is -0.250. The summed E-state index contributed by atoms with van der Waals surface area (Å²) in [5.74, 6) is 1.04. The molecular weight excluding hydrogens is 394 g/mol. The van der Waals surface area contributed by atoms with Gasteiger partial charge in [0.25, 0.3) is 5.91 Å². The van der Waals surface area contributed by atoms with Gasteiger partial charge in [-0.1, -0.05) is 13.8 Å². The number of ether oxygens (including phenoxy) is 2. The zero-order chi connectivity index (χ0) is 21.6. The highest BCUT2D eigenvalue weighted by Crippen LogP contribution is 2.44. The Morgan fingerprint density at radius 2 is 2.06 bits per heavy atom. The van der Waals surface area contributed by atoms with Crippen LogP contribution in [0.25, 0.3) is 5.65 Å². The number of amides is 1. The Morgan fingerprint density at radius 1 is 1.26 bits per heavy atom. The fourth-order valence-corrected chi connectivity index (χ4v) is 4.18. The summed E-state index contributed by atoms with van der Waals surface area (Å²) in [5, 5.41) is 7.35. The van der Waals surface area contributed by atoms with E-state index in [1.54, 1.807) is 29.2 Å². The van der Waals surface area contributed by atoms with Gasteiger partial charge in [-0.25, -0.2) is 9.50 Å². The maximum atomic E-state index is 13.2. The van der Waals surface area contributed by atoms with Crippen LogP contribution >= 0.6 is 0 Å². The fraction of sp³-hybridized carbons (Fsp3) is 0.435. The summed E-state index contributed by atoms with van der Waals surface area (Å²) >= 11 is 0. The minimum absolute atomic E-state index is 0.228. The van der Waals surface area contributed by atoms with Crippen LogP contribution in [0.3, 0.4) is 0 Å². The Labute approximate surface area is 181 Å². The smallest absolute Gasteiger partial charge is 0.261 e. The molecule has 0 saturated carbocycles. The van der Waals surface area contributed by atoms with Crippen LogP contribution in [0, 0.1) is 5.92 Å². The molecule has 8 nitrogen and oxygen atoms in total. The van der Waals surface area contributed by atoms with E-state index in [-0.39, 0.29) is 11.5 Å². The molecule has 8 heteroatoms. The molecule has 0 bridgehead atoms. The number of carbonyl (C=O) groups excluding carboxylic acids is 1. The summed E-state index contributed by atoms with van der Waals surface area (Å²) in [6, 6.07) is 5.91. The van der Waals surface area contributed by atoms with E-state index in [2.05, 4.69) is 53.2 Å². The fourth-order valence-electron chi connectivity index (χ4n) is 4.18. The summed E-state index contributed by atoms with van der Waals surface area (Å²) in [6.07, 6.45) is 5.80. The number of morpholine rings is 1. The first kappa shape index (κ1) is 19.8. The van der Waals surface area contributed by atoms with E-state index in [1.165, 1.54) is 0 Å². The second-order valence-electron chi connectivity index (χ2n) is 8.72. The van der Waals surface area contributed by atoms with Gasteiger partial charge in [0.15, 0.2) is 5.65 Å². The van der Waals surface area contributed by atoms with Gasteiger partial charge in [-0.2, -0.15) is 5.10 Å². The van der Waals surface area contributed by atoms with E-state index in [4.69, 9.17) is 9.47 Å². The van der Waals surface area contributed by atoms with E-state index in [9.17, 15) is 4.79 Å². The van der Waals surface area contributed by atoms with Gasteiger partial charge in [-0.05, 0) is 25.0 Å². The first-order valence-electron chi connectivity index (χ1n) is 10.7. The molecule has 0 aliphatic carbocycles. The summed E-state index contributed by atoms with van der Waals surface area (Å²) in [5.41, 5.74) is 3.56. The molecule has 1 amide bonds. The van der Waals surface area contributed by atoms with Gasteiger partial charge in [0.05, 0.1) is 30.8 Å². The highest BCUT2D eigenvalue weighted by atomic mass is 16.5. The zero-order valence-electron chi connectivity index (χ0n) is 18.1. The van der Waals surface area contributed by atoms with Crippen LogP contribution < -0.4 is 15.0 Å². The van der Waals surface area contributed by atoms with Crippen LogP contribution in [0.15, 0.2) is 36.8 Å². The molecule has 4 heterocycles. The van der Waals surface area contributed by atoms with E-state index >= 15 is 0 Å². The van der Waals surface area contributed by atoms with Gasteiger partial charge in [0.2, 0.25) is 0 Å². The topological polar surface area (TPSA) is 81.0 Å². The molecular formula is C23H27N5O3. The molecule has 162 valence electrons. The van der Waals surface area contributed by atoms with Gasteiger partial charge in [-0.3, -0.25) is 4.79 Å². The third kappa shape index (κ3) is 3.50. The van der Waals surface area contributed by atoms with Gasteiger partial charge < -0.3 is 19.7 Å². The van der Waals surface area contributed by atoms with E-state index in [0.717, 1.165) is 42.2 Å². The number of rotatable bonds is 4. The van der Waals surface area contributed by atoms with Gasteiger partial charge >= 0.3 is 0 Å². The van der Waals surface area contributed by atoms with Crippen LogP contribution in [0.4, 0.5) is 11.4 Å². The Balaban J connectivity index is 1.52. The van der Waals surface area contributed by atoms with Crippen molar-refractivity contribution in [3.63, 3.8) is 0 Å². The largest absolute Gasteiger partial charge is 0.487 e. The lowest BCUT2D eigenvalue weighted by Crippen LogP contribution is -2.37. The number of carbonyl (C=O) groups is 1. The highest BCUT2D eigenvalue weighted by Gasteiger charge is 2.38. The first-order valence-corrected chi connectivity index (χ1v) is 10.7. The summed E-state index contributed by atoms with van der Waals surface area (Å²) in [7, 11) is 0. The standard InChI is InChI=1S/C23H27N5O3/c1-15(2)23(3)13-16-11-18(19(12-20(16)31-23)27-7-9-30-10-8-27)26-22(29)17-14-25-28-6-4-5-24-21(17)28/h4-6,11-12,14-15H,7-10,13H2,1-3H3,(H,26,29)/t23-/m0/s1. The predicted octanol–water partition coefficient (Wildman–Crippen LogP) is 3.17. The van der Waals surface area contributed by atoms with Crippen molar-refractivity contribution in [2.75, 3.05) is 36.5 Å². The molecule has 3 aromatic rings. The average molecular weight is 422 g/mol. The van der Waals surface area contributed by atoms with Crippen LogP contribution in [-0.4, -0.2) is 52.4 Å². The number of benzene rings is 1. The lowest BCUT2D eigenvalue weighted by atomic mass is 9.88. The lowest BCUT2D eigenvalue weighted by Gasteiger charge is -2.31. The number of anilines is 2. The molecule has 1 atom stereocenters. The summed E-state index contributed by atoms with van der Waals surface area (Å²) in [6.45, 7) is 9.35.